The second kappa shape index (κ2) is 3.42. The van der Waals surface area contributed by atoms with Gasteiger partial charge in [0, 0.05) is 13.1 Å². The number of rotatable bonds is 1. The molecule has 3 nitrogen and oxygen atoms in total. The summed E-state index contributed by atoms with van der Waals surface area (Å²) < 4.78 is 0. The summed E-state index contributed by atoms with van der Waals surface area (Å²) in [5, 5.41) is 9.09. The van der Waals surface area contributed by atoms with Crippen LogP contribution in [0.5, 0.6) is 0 Å². The van der Waals surface area contributed by atoms with Crippen LogP contribution in [0.1, 0.15) is 12.8 Å². The van der Waals surface area contributed by atoms with Crippen LogP contribution >= 0.6 is 0 Å². The smallest absolute Gasteiger partial charge is 0.111 e. The molecule has 0 spiro atoms. The SMILES string of the molecule is CN1CCC(C#N)(N(C)C)CC1. The summed E-state index contributed by atoms with van der Waals surface area (Å²) >= 11 is 0. The fourth-order valence-electron chi connectivity index (χ4n) is 1.65. The highest BCUT2D eigenvalue weighted by atomic mass is 15.2. The van der Waals surface area contributed by atoms with E-state index in [2.05, 4.69) is 22.9 Å². The quantitative estimate of drug-likeness (QED) is 0.571. The molecule has 3 heteroatoms. The van der Waals surface area contributed by atoms with Crippen LogP contribution in [-0.2, 0) is 0 Å². The third-order valence-corrected chi connectivity index (χ3v) is 2.88. The molecule has 1 aliphatic rings. The Morgan fingerprint density at radius 2 is 1.83 bits per heavy atom. The second-order valence-electron chi connectivity index (χ2n) is 3.84. The Balaban J connectivity index is 2.65. The maximum atomic E-state index is 9.09. The average Bonchev–Trinajstić information content (AvgIpc) is 2.06. The molecule has 1 aliphatic heterocycles. The Morgan fingerprint density at radius 1 is 1.33 bits per heavy atom. The van der Waals surface area contributed by atoms with Crippen molar-refractivity contribution in [2.75, 3.05) is 34.2 Å². The normalized spacial score (nSPS) is 23.9. The highest BCUT2D eigenvalue weighted by molar-refractivity contribution is 5.09. The zero-order valence-corrected chi connectivity index (χ0v) is 8.17. The fourth-order valence-corrected chi connectivity index (χ4v) is 1.65. The van der Waals surface area contributed by atoms with Gasteiger partial charge in [0.15, 0.2) is 0 Å². The lowest BCUT2D eigenvalue weighted by molar-refractivity contribution is 0.113. The van der Waals surface area contributed by atoms with Crippen molar-refractivity contribution >= 4 is 0 Å². The summed E-state index contributed by atoms with van der Waals surface area (Å²) in [4.78, 5) is 4.33. The van der Waals surface area contributed by atoms with Crippen molar-refractivity contribution in [3.05, 3.63) is 0 Å². The van der Waals surface area contributed by atoms with E-state index >= 15 is 0 Å². The van der Waals surface area contributed by atoms with Crippen LogP contribution in [0.25, 0.3) is 0 Å². The summed E-state index contributed by atoms with van der Waals surface area (Å²) in [5.41, 5.74) is -0.202. The van der Waals surface area contributed by atoms with Crippen LogP contribution in [0.3, 0.4) is 0 Å². The molecule has 0 amide bonds. The largest absolute Gasteiger partial charge is 0.306 e. The monoisotopic (exact) mass is 167 g/mol. The van der Waals surface area contributed by atoms with E-state index in [1.165, 1.54) is 0 Å². The van der Waals surface area contributed by atoms with E-state index in [1.807, 2.05) is 14.1 Å². The molecule has 0 aromatic rings. The third kappa shape index (κ3) is 1.60. The lowest BCUT2D eigenvalue weighted by Crippen LogP contribution is -2.50. The molecule has 0 saturated carbocycles. The van der Waals surface area contributed by atoms with Crippen molar-refractivity contribution in [2.45, 2.75) is 18.4 Å². The lowest BCUT2D eigenvalue weighted by atomic mass is 9.88. The molecule has 1 rings (SSSR count). The van der Waals surface area contributed by atoms with Crippen LogP contribution in [0, 0.1) is 11.3 Å². The number of nitrogens with zero attached hydrogens (tertiary/aromatic N) is 3. The molecule has 0 aromatic carbocycles. The Kier molecular flexibility index (Phi) is 2.71. The first-order valence-corrected chi connectivity index (χ1v) is 4.38. The minimum atomic E-state index is -0.202. The van der Waals surface area contributed by atoms with E-state index in [4.69, 9.17) is 5.26 Å². The molecule has 0 aliphatic carbocycles. The van der Waals surface area contributed by atoms with E-state index in [9.17, 15) is 0 Å². The van der Waals surface area contributed by atoms with Crippen molar-refractivity contribution in [2.24, 2.45) is 0 Å². The van der Waals surface area contributed by atoms with E-state index in [1.54, 1.807) is 0 Å². The van der Waals surface area contributed by atoms with Crippen molar-refractivity contribution in [1.29, 1.82) is 5.26 Å². The molecule has 68 valence electrons. The standard InChI is InChI=1S/C9H17N3/c1-11(2)9(8-10)4-6-12(3)7-5-9/h4-7H2,1-3H3. The first-order chi connectivity index (χ1) is 5.60. The first kappa shape index (κ1) is 9.50. The van der Waals surface area contributed by atoms with Crippen LogP contribution in [0.2, 0.25) is 0 Å². The highest BCUT2D eigenvalue weighted by Gasteiger charge is 2.35. The maximum Gasteiger partial charge on any atom is 0.111 e. The number of piperidine rings is 1. The molecule has 0 bridgehead atoms. The Hall–Kier alpha value is -0.590. The minimum absolute atomic E-state index is 0.202. The molecule has 1 saturated heterocycles. The summed E-state index contributed by atoms with van der Waals surface area (Å²) in [6.07, 6.45) is 1.93. The zero-order chi connectivity index (χ0) is 9.19. The molecule has 0 N–H and O–H groups in total. The number of hydrogen-bond donors (Lipinski definition) is 0. The first-order valence-electron chi connectivity index (χ1n) is 4.38. The number of hydrogen-bond acceptors (Lipinski definition) is 3. The summed E-state index contributed by atoms with van der Waals surface area (Å²) in [6, 6.07) is 2.44. The molecule has 0 radical (unpaired) electrons. The predicted molar refractivity (Wildman–Crippen MR) is 48.8 cm³/mol. The van der Waals surface area contributed by atoms with Gasteiger partial charge in [0.2, 0.25) is 0 Å². The molecule has 12 heavy (non-hydrogen) atoms. The minimum Gasteiger partial charge on any atom is -0.306 e. The van der Waals surface area contributed by atoms with Crippen LogP contribution in [0.15, 0.2) is 0 Å². The maximum absolute atomic E-state index is 9.09. The van der Waals surface area contributed by atoms with Crippen LogP contribution in [0.4, 0.5) is 0 Å². The van der Waals surface area contributed by atoms with Gasteiger partial charge >= 0.3 is 0 Å². The van der Waals surface area contributed by atoms with Gasteiger partial charge in [-0.2, -0.15) is 5.26 Å². The van der Waals surface area contributed by atoms with Gasteiger partial charge in [-0.15, -0.1) is 0 Å². The van der Waals surface area contributed by atoms with Crippen molar-refractivity contribution in [1.82, 2.24) is 9.80 Å². The van der Waals surface area contributed by atoms with Gasteiger partial charge in [-0.05, 0) is 34.0 Å². The number of nitriles is 1. The molecule has 1 fully saturated rings. The molecule has 0 aromatic heterocycles. The van der Waals surface area contributed by atoms with Crippen LogP contribution in [-0.4, -0.2) is 49.6 Å². The molecular formula is C9H17N3. The van der Waals surface area contributed by atoms with E-state index in [0.29, 0.717) is 0 Å². The summed E-state index contributed by atoms with van der Waals surface area (Å²) in [7, 11) is 6.10. The second-order valence-corrected chi connectivity index (χ2v) is 3.84. The van der Waals surface area contributed by atoms with Crippen molar-refractivity contribution < 1.29 is 0 Å². The summed E-state index contributed by atoms with van der Waals surface area (Å²) in [5.74, 6) is 0. The molecule has 1 heterocycles. The highest BCUT2D eigenvalue weighted by Crippen LogP contribution is 2.25. The Labute approximate surface area is 74.6 Å². The van der Waals surface area contributed by atoms with Gasteiger partial charge in [0.05, 0.1) is 6.07 Å². The average molecular weight is 167 g/mol. The fraction of sp³-hybridized carbons (Fsp3) is 0.889. The van der Waals surface area contributed by atoms with Crippen molar-refractivity contribution in [3.8, 4) is 6.07 Å². The van der Waals surface area contributed by atoms with Gasteiger partial charge in [-0.3, -0.25) is 4.90 Å². The van der Waals surface area contributed by atoms with E-state index < -0.39 is 0 Å². The van der Waals surface area contributed by atoms with Crippen molar-refractivity contribution in [3.63, 3.8) is 0 Å². The molecule has 0 atom stereocenters. The number of likely N-dealkylation sites (tertiary alicyclic amines) is 1. The van der Waals surface area contributed by atoms with Gasteiger partial charge in [-0.1, -0.05) is 0 Å². The Bertz CT molecular complexity index is 184. The summed E-state index contributed by atoms with van der Waals surface area (Å²) in [6.45, 7) is 2.07. The van der Waals surface area contributed by atoms with E-state index in [0.717, 1.165) is 25.9 Å². The van der Waals surface area contributed by atoms with Gasteiger partial charge in [-0.25, -0.2) is 0 Å². The molecule has 0 unspecified atom stereocenters. The topological polar surface area (TPSA) is 30.3 Å². The predicted octanol–water partition coefficient (Wildman–Crippen LogP) is 0.536. The van der Waals surface area contributed by atoms with Crippen LogP contribution < -0.4 is 0 Å². The third-order valence-electron chi connectivity index (χ3n) is 2.88. The van der Waals surface area contributed by atoms with Gasteiger partial charge in [0.1, 0.15) is 5.54 Å². The van der Waals surface area contributed by atoms with E-state index in [-0.39, 0.29) is 5.54 Å². The lowest BCUT2D eigenvalue weighted by Gasteiger charge is -2.39. The molecular weight excluding hydrogens is 150 g/mol. The zero-order valence-electron chi connectivity index (χ0n) is 8.17. The van der Waals surface area contributed by atoms with Gasteiger partial charge < -0.3 is 4.90 Å². The Morgan fingerprint density at radius 3 is 2.17 bits per heavy atom. The van der Waals surface area contributed by atoms with Gasteiger partial charge in [0.25, 0.3) is 0 Å².